The highest BCUT2D eigenvalue weighted by Crippen LogP contribution is 2.27. The van der Waals surface area contributed by atoms with Crippen LogP contribution in [0.2, 0.25) is 0 Å². The number of anilines is 2. The van der Waals surface area contributed by atoms with Crippen LogP contribution in [0.15, 0.2) is 18.2 Å². The first-order chi connectivity index (χ1) is 10.7. The van der Waals surface area contributed by atoms with Crippen molar-refractivity contribution in [3.8, 4) is 6.07 Å². The lowest BCUT2D eigenvalue weighted by Crippen LogP contribution is -2.30. The average Bonchev–Trinajstić information content (AvgIpc) is 2.54. The number of hydrogen-bond acceptors (Lipinski definition) is 3. The van der Waals surface area contributed by atoms with E-state index < -0.39 is 0 Å². The van der Waals surface area contributed by atoms with Crippen molar-refractivity contribution < 1.29 is 0 Å². The van der Waals surface area contributed by atoms with E-state index >= 15 is 0 Å². The molecule has 0 N–H and O–H groups in total. The Morgan fingerprint density at radius 1 is 0.818 bits per heavy atom. The first-order valence-electron chi connectivity index (χ1n) is 6.99. The Morgan fingerprint density at radius 3 is 1.77 bits per heavy atom. The van der Waals surface area contributed by atoms with E-state index in [-0.39, 0.29) is 0 Å². The van der Waals surface area contributed by atoms with Gasteiger partial charge in [-0.25, -0.2) is 0 Å². The number of rotatable bonds is 10. The molecule has 0 fully saturated rings. The first kappa shape index (κ1) is 19.5. The van der Waals surface area contributed by atoms with Crippen LogP contribution in [-0.2, 0) is 0 Å². The van der Waals surface area contributed by atoms with Crippen LogP contribution in [0.3, 0.4) is 0 Å². The molecule has 3 nitrogen and oxygen atoms in total. The van der Waals surface area contributed by atoms with Crippen LogP contribution >= 0.6 is 46.4 Å². The SMILES string of the molecule is N#Cc1ccc(N(CCCl)CCCl)cc1N(CCCl)CCCl. The summed E-state index contributed by atoms with van der Waals surface area (Å²) < 4.78 is 0. The molecule has 0 saturated carbocycles. The molecule has 1 aromatic carbocycles. The average molecular weight is 383 g/mol. The van der Waals surface area contributed by atoms with Gasteiger partial charge in [-0.2, -0.15) is 5.26 Å². The van der Waals surface area contributed by atoms with Crippen molar-refractivity contribution in [1.82, 2.24) is 0 Å². The predicted octanol–water partition coefficient (Wildman–Crippen LogP) is 4.13. The molecule has 0 amide bonds. The van der Waals surface area contributed by atoms with Gasteiger partial charge in [0.15, 0.2) is 0 Å². The van der Waals surface area contributed by atoms with Gasteiger partial charge in [0.05, 0.1) is 11.3 Å². The molecule has 1 rings (SSSR count). The van der Waals surface area contributed by atoms with Gasteiger partial charge in [-0.1, -0.05) is 0 Å². The monoisotopic (exact) mass is 381 g/mol. The third kappa shape index (κ3) is 5.59. The fraction of sp³-hybridized carbons (Fsp3) is 0.533. The molecule has 0 atom stereocenters. The summed E-state index contributed by atoms with van der Waals surface area (Å²) >= 11 is 23.5. The Kier molecular flexibility index (Phi) is 9.82. The van der Waals surface area contributed by atoms with E-state index in [9.17, 15) is 5.26 Å². The highest BCUT2D eigenvalue weighted by Gasteiger charge is 2.14. The van der Waals surface area contributed by atoms with Gasteiger partial charge < -0.3 is 9.80 Å². The van der Waals surface area contributed by atoms with E-state index in [1.807, 2.05) is 23.1 Å². The maximum Gasteiger partial charge on any atom is 0.101 e. The van der Waals surface area contributed by atoms with Crippen LogP contribution in [0.4, 0.5) is 11.4 Å². The Labute approximate surface area is 152 Å². The Balaban J connectivity index is 3.17. The normalized spacial score (nSPS) is 10.3. The lowest BCUT2D eigenvalue weighted by atomic mass is 10.1. The van der Waals surface area contributed by atoms with Crippen molar-refractivity contribution >= 4 is 57.8 Å². The second kappa shape index (κ2) is 11.1. The summed E-state index contributed by atoms with van der Waals surface area (Å²) in [5, 5.41) is 9.34. The van der Waals surface area contributed by atoms with Gasteiger partial charge in [0.25, 0.3) is 0 Å². The largest absolute Gasteiger partial charge is 0.369 e. The lowest BCUT2D eigenvalue weighted by molar-refractivity contribution is 0.858. The number of nitriles is 1. The molecule has 7 heteroatoms. The molecule has 0 aliphatic heterocycles. The standard InChI is InChI=1S/C15H19Cl4N3/c16-3-7-21(8-4-17)14-2-1-13(12-20)15(11-14)22(9-5-18)10-6-19/h1-2,11H,3-10H2. The maximum atomic E-state index is 9.34. The van der Waals surface area contributed by atoms with Gasteiger partial charge in [0.2, 0.25) is 0 Å². The minimum Gasteiger partial charge on any atom is -0.369 e. The summed E-state index contributed by atoms with van der Waals surface area (Å²) in [5.74, 6) is 1.97. The second-order valence-electron chi connectivity index (χ2n) is 4.54. The van der Waals surface area contributed by atoms with Crippen LogP contribution < -0.4 is 9.80 Å². The van der Waals surface area contributed by atoms with Crippen molar-refractivity contribution in [1.29, 1.82) is 5.26 Å². The van der Waals surface area contributed by atoms with Gasteiger partial charge in [0.1, 0.15) is 6.07 Å². The van der Waals surface area contributed by atoms with Crippen molar-refractivity contribution in [2.45, 2.75) is 0 Å². The zero-order valence-corrected chi connectivity index (χ0v) is 15.3. The van der Waals surface area contributed by atoms with E-state index in [1.165, 1.54) is 0 Å². The van der Waals surface area contributed by atoms with Gasteiger partial charge >= 0.3 is 0 Å². The zero-order chi connectivity index (χ0) is 16.4. The summed E-state index contributed by atoms with van der Waals surface area (Å²) in [6, 6.07) is 7.94. The highest BCUT2D eigenvalue weighted by atomic mass is 35.5. The number of halogens is 4. The van der Waals surface area contributed by atoms with Crippen LogP contribution in [0.1, 0.15) is 5.56 Å². The van der Waals surface area contributed by atoms with Gasteiger partial charge in [0, 0.05) is 55.4 Å². The Morgan fingerprint density at radius 2 is 1.32 bits per heavy atom. The molecule has 0 saturated heterocycles. The van der Waals surface area contributed by atoms with Gasteiger partial charge in [-0.15, -0.1) is 46.4 Å². The van der Waals surface area contributed by atoms with Crippen LogP contribution in [0.5, 0.6) is 0 Å². The van der Waals surface area contributed by atoms with Crippen LogP contribution in [0.25, 0.3) is 0 Å². The smallest absolute Gasteiger partial charge is 0.101 e. The number of nitrogens with zero attached hydrogens (tertiary/aromatic N) is 3. The lowest BCUT2D eigenvalue weighted by Gasteiger charge is -2.28. The molecule has 1 aromatic rings. The van der Waals surface area contributed by atoms with Gasteiger partial charge in [-0.3, -0.25) is 0 Å². The van der Waals surface area contributed by atoms with Crippen molar-refractivity contribution in [2.75, 3.05) is 59.5 Å². The Bertz CT molecular complexity index is 478. The topological polar surface area (TPSA) is 30.3 Å². The molecule has 0 heterocycles. The van der Waals surface area contributed by atoms with Crippen LogP contribution in [-0.4, -0.2) is 49.7 Å². The van der Waals surface area contributed by atoms with Gasteiger partial charge in [-0.05, 0) is 18.2 Å². The molecule has 0 spiro atoms. The third-order valence-electron chi connectivity index (χ3n) is 3.23. The van der Waals surface area contributed by atoms with E-state index in [0.717, 1.165) is 11.4 Å². The van der Waals surface area contributed by atoms with E-state index in [2.05, 4.69) is 11.0 Å². The van der Waals surface area contributed by atoms with E-state index in [4.69, 9.17) is 46.4 Å². The summed E-state index contributed by atoms with van der Waals surface area (Å²) in [6.07, 6.45) is 0. The Hall–Kier alpha value is -0.530. The summed E-state index contributed by atoms with van der Waals surface area (Å²) in [7, 11) is 0. The third-order valence-corrected chi connectivity index (χ3v) is 3.90. The molecule has 0 unspecified atom stereocenters. The number of hydrogen-bond donors (Lipinski definition) is 0. The summed E-state index contributed by atoms with van der Waals surface area (Å²) in [5.41, 5.74) is 2.44. The molecule has 0 radical (unpaired) electrons. The molecule has 122 valence electrons. The molecule has 0 aliphatic rings. The van der Waals surface area contributed by atoms with E-state index in [0.29, 0.717) is 55.3 Å². The second-order valence-corrected chi connectivity index (χ2v) is 6.06. The van der Waals surface area contributed by atoms with E-state index in [1.54, 1.807) is 0 Å². The maximum absolute atomic E-state index is 9.34. The minimum atomic E-state index is 0.471. The fourth-order valence-electron chi connectivity index (χ4n) is 2.20. The zero-order valence-electron chi connectivity index (χ0n) is 12.2. The molecule has 0 aromatic heterocycles. The minimum absolute atomic E-state index is 0.471. The number of alkyl halides is 4. The summed E-state index contributed by atoms with van der Waals surface area (Å²) in [4.78, 5) is 4.13. The van der Waals surface area contributed by atoms with Crippen molar-refractivity contribution in [3.63, 3.8) is 0 Å². The quantitative estimate of drug-likeness (QED) is 0.570. The summed E-state index contributed by atoms with van der Waals surface area (Å²) in [6.45, 7) is 2.67. The fourth-order valence-corrected chi connectivity index (χ4v) is 3.02. The molecular weight excluding hydrogens is 364 g/mol. The highest BCUT2D eigenvalue weighted by molar-refractivity contribution is 6.19. The van der Waals surface area contributed by atoms with Crippen LogP contribution in [0, 0.1) is 11.3 Å². The number of benzene rings is 1. The molecule has 0 bridgehead atoms. The molecular formula is C15H19Cl4N3. The molecule has 22 heavy (non-hydrogen) atoms. The van der Waals surface area contributed by atoms with Crippen molar-refractivity contribution in [3.05, 3.63) is 23.8 Å². The van der Waals surface area contributed by atoms with Crippen molar-refractivity contribution in [2.24, 2.45) is 0 Å². The predicted molar refractivity (Wildman–Crippen MR) is 98.5 cm³/mol. The first-order valence-corrected chi connectivity index (χ1v) is 9.13. The molecule has 0 aliphatic carbocycles.